The summed E-state index contributed by atoms with van der Waals surface area (Å²) in [6.45, 7) is 4.48. The molecule has 1 aromatic carbocycles. The van der Waals surface area contributed by atoms with E-state index in [1.54, 1.807) is 0 Å². The predicted octanol–water partition coefficient (Wildman–Crippen LogP) is 1.92. The Labute approximate surface area is 103 Å². The molecule has 2 rings (SSSR count). The monoisotopic (exact) mass is 234 g/mol. The van der Waals surface area contributed by atoms with Gasteiger partial charge in [0, 0.05) is 31.4 Å². The molecule has 2 atom stereocenters. The molecular weight excluding hydrogens is 212 g/mol. The number of aliphatic hydroxyl groups excluding tert-OH is 1. The van der Waals surface area contributed by atoms with Crippen LogP contribution in [0.2, 0.25) is 0 Å². The Hall–Kier alpha value is -1.06. The summed E-state index contributed by atoms with van der Waals surface area (Å²) >= 11 is 0. The van der Waals surface area contributed by atoms with Gasteiger partial charge in [-0.25, -0.2) is 0 Å². The molecule has 17 heavy (non-hydrogen) atoms. The quantitative estimate of drug-likeness (QED) is 0.836. The normalized spacial score (nSPS) is 21.8. The zero-order chi connectivity index (χ0) is 12.3. The van der Waals surface area contributed by atoms with Crippen molar-refractivity contribution in [3.63, 3.8) is 0 Å². The Morgan fingerprint density at radius 3 is 2.71 bits per heavy atom. The summed E-state index contributed by atoms with van der Waals surface area (Å²) < 4.78 is 0. The predicted molar refractivity (Wildman–Crippen MR) is 71.1 cm³/mol. The standard InChI is InChI=1S/C14H22N2O/c1-11(15)13-2-4-14(5-3-13)16-8-6-12(10-16)7-9-17/h2-5,11-12,17H,6-10,15H2,1H3/t11-,12?/m0/s1. The number of nitrogens with zero attached hydrogens (tertiary/aromatic N) is 1. The summed E-state index contributed by atoms with van der Waals surface area (Å²) in [5.41, 5.74) is 8.29. The Balaban J connectivity index is 1.99. The molecule has 3 nitrogen and oxygen atoms in total. The third-order valence-corrected chi connectivity index (χ3v) is 3.61. The molecule has 0 saturated carbocycles. The fourth-order valence-electron chi connectivity index (χ4n) is 2.47. The van der Waals surface area contributed by atoms with Crippen molar-refractivity contribution in [2.45, 2.75) is 25.8 Å². The van der Waals surface area contributed by atoms with Crippen molar-refractivity contribution in [2.75, 3.05) is 24.6 Å². The number of benzene rings is 1. The lowest BCUT2D eigenvalue weighted by atomic mass is 10.1. The molecule has 3 N–H and O–H groups in total. The van der Waals surface area contributed by atoms with Crippen molar-refractivity contribution in [3.8, 4) is 0 Å². The van der Waals surface area contributed by atoms with E-state index in [4.69, 9.17) is 10.8 Å². The molecule has 1 fully saturated rings. The Morgan fingerprint density at radius 2 is 2.12 bits per heavy atom. The average Bonchev–Trinajstić information content (AvgIpc) is 2.78. The van der Waals surface area contributed by atoms with E-state index in [-0.39, 0.29) is 6.04 Å². The second kappa shape index (κ2) is 5.52. The molecule has 0 radical (unpaired) electrons. The van der Waals surface area contributed by atoms with Crippen LogP contribution in [0.15, 0.2) is 24.3 Å². The molecule has 0 aliphatic carbocycles. The smallest absolute Gasteiger partial charge is 0.0434 e. The van der Waals surface area contributed by atoms with Crippen molar-refractivity contribution in [1.29, 1.82) is 0 Å². The first-order valence-corrected chi connectivity index (χ1v) is 6.42. The van der Waals surface area contributed by atoms with E-state index in [9.17, 15) is 0 Å². The van der Waals surface area contributed by atoms with E-state index in [1.807, 2.05) is 6.92 Å². The van der Waals surface area contributed by atoms with Crippen LogP contribution in [0.3, 0.4) is 0 Å². The lowest BCUT2D eigenvalue weighted by Crippen LogP contribution is -2.20. The van der Waals surface area contributed by atoms with Crippen LogP contribution in [0.5, 0.6) is 0 Å². The Bertz CT molecular complexity index is 348. The molecule has 1 unspecified atom stereocenters. The number of aliphatic hydroxyl groups is 1. The van der Waals surface area contributed by atoms with Gasteiger partial charge in [-0.05, 0) is 43.4 Å². The zero-order valence-corrected chi connectivity index (χ0v) is 10.5. The molecule has 0 spiro atoms. The molecular formula is C14H22N2O. The zero-order valence-electron chi connectivity index (χ0n) is 10.5. The SMILES string of the molecule is C[C@H](N)c1ccc(N2CCC(CCO)C2)cc1. The molecule has 0 aromatic heterocycles. The summed E-state index contributed by atoms with van der Waals surface area (Å²) in [7, 11) is 0. The molecule has 1 aliphatic rings. The molecule has 0 bridgehead atoms. The van der Waals surface area contributed by atoms with Gasteiger partial charge in [0.15, 0.2) is 0 Å². The highest BCUT2D eigenvalue weighted by atomic mass is 16.3. The minimum absolute atomic E-state index is 0.102. The summed E-state index contributed by atoms with van der Waals surface area (Å²) in [6.07, 6.45) is 2.12. The number of anilines is 1. The second-order valence-corrected chi connectivity index (χ2v) is 4.99. The van der Waals surface area contributed by atoms with E-state index in [0.29, 0.717) is 12.5 Å². The maximum atomic E-state index is 8.95. The highest BCUT2D eigenvalue weighted by Gasteiger charge is 2.21. The van der Waals surface area contributed by atoms with Gasteiger partial charge in [-0.1, -0.05) is 12.1 Å². The van der Waals surface area contributed by atoms with Crippen LogP contribution < -0.4 is 10.6 Å². The van der Waals surface area contributed by atoms with Crippen molar-refractivity contribution in [2.24, 2.45) is 11.7 Å². The minimum Gasteiger partial charge on any atom is -0.396 e. The Kier molecular flexibility index (Phi) is 4.02. The number of nitrogens with two attached hydrogens (primary N) is 1. The maximum Gasteiger partial charge on any atom is 0.0434 e. The van der Waals surface area contributed by atoms with Crippen LogP contribution in [0.25, 0.3) is 0 Å². The summed E-state index contributed by atoms with van der Waals surface area (Å²) in [5, 5.41) is 8.95. The lowest BCUT2D eigenvalue weighted by Gasteiger charge is -2.19. The number of hydrogen-bond donors (Lipinski definition) is 2. The van der Waals surface area contributed by atoms with E-state index in [0.717, 1.165) is 19.5 Å². The number of hydrogen-bond acceptors (Lipinski definition) is 3. The lowest BCUT2D eigenvalue weighted by molar-refractivity contribution is 0.263. The fourth-order valence-corrected chi connectivity index (χ4v) is 2.47. The Morgan fingerprint density at radius 1 is 1.41 bits per heavy atom. The topological polar surface area (TPSA) is 49.5 Å². The van der Waals surface area contributed by atoms with Crippen LogP contribution in [-0.2, 0) is 0 Å². The first kappa shape index (κ1) is 12.4. The van der Waals surface area contributed by atoms with Crippen LogP contribution in [0.1, 0.15) is 31.4 Å². The molecule has 1 saturated heterocycles. The average molecular weight is 234 g/mol. The summed E-state index contributed by atoms with van der Waals surface area (Å²) in [5.74, 6) is 0.646. The minimum atomic E-state index is 0.102. The van der Waals surface area contributed by atoms with Crippen LogP contribution in [0, 0.1) is 5.92 Å². The van der Waals surface area contributed by atoms with Crippen molar-refractivity contribution in [3.05, 3.63) is 29.8 Å². The summed E-state index contributed by atoms with van der Waals surface area (Å²) in [4.78, 5) is 2.39. The van der Waals surface area contributed by atoms with Gasteiger partial charge in [-0.3, -0.25) is 0 Å². The third kappa shape index (κ3) is 2.99. The fraction of sp³-hybridized carbons (Fsp3) is 0.571. The first-order chi connectivity index (χ1) is 8.20. The van der Waals surface area contributed by atoms with Crippen molar-refractivity contribution < 1.29 is 5.11 Å². The van der Waals surface area contributed by atoms with E-state index in [1.165, 1.54) is 17.7 Å². The van der Waals surface area contributed by atoms with E-state index in [2.05, 4.69) is 29.2 Å². The van der Waals surface area contributed by atoms with Gasteiger partial charge in [0.1, 0.15) is 0 Å². The van der Waals surface area contributed by atoms with Gasteiger partial charge in [-0.2, -0.15) is 0 Å². The third-order valence-electron chi connectivity index (χ3n) is 3.61. The molecule has 1 aromatic rings. The van der Waals surface area contributed by atoms with Gasteiger partial charge in [0.25, 0.3) is 0 Å². The van der Waals surface area contributed by atoms with Crippen molar-refractivity contribution in [1.82, 2.24) is 0 Å². The van der Waals surface area contributed by atoms with Crippen LogP contribution in [-0.4, -0.2) is 24.8 Å². The molecule has 0 amide bonds. The van der Waals surface area contributed by atoms with E-state index >= 15 is 0 Å². The first-order valence-electron chi connectivity index (χ1n) is 6.42. The highest BCUT2D eigenvalue weighted by Crippen LogP contribution is 2.26. The van der Waals surface area contributed by atoms with Gasteiger partial charge in [0.2, 0.25) is 0 Å². The highest BCUT2D eigenvalue weighted by molar-refractivity contribution is 5.48. The largest absolute Gasteiger partial charge is 0.396 e. The van der Waals surface area contributed by atoms with Crippen LogP contribution in [0.4, 0.5) is 5.69 Å². The molecule has 3 heteroatoms. The molecule has 94 valence electrons. The second-order valence-electron chi connectivity index (χ2n) is 4.99. The van der Waals surface area contributed by atoms with Crippen LogP contribution >= 0.6 is 0 Å². The van der Waals surface area contributed by atoms with Gasteiger partial charge >= 0.3 is 0 Å². The van der Waals surface area contributed by atoms with Gasteiger partial charge in [0.05, 0.1) is 0 Å². The molecule has 1 aliphatic heterocycles. The summed E-state index contributed by atoms with van der Waals surface area (Å²) in [6, 6.07) is 8.63. The van der Waals surface area contributed by atoms with Crippen molar-refractivity contribution >= 4 is 5.69 Å². The van der Waals surface area contributed by atoms with Gasteiger partial charge in [-0.15, -0.1) is 0 Å². The molecule has 1 heterocycles. The number of rotatable bonds is 4. The van der Waals surface area contributed by atoms with Gasteiger partial charge < -0.3 is 15.7 Å². The van der Waals surface area contributed by atoms with E-state index < -0.39 is 0 Å². The maximum absolute atomic E-state index is 8.95.